The first-order valence-electron chi connectivity index (χ1n) is 9.96. The van der Waals surface area contributed by atoms with Gasteiger partial charge in [-0.15, -0.1) is 0 Å². The molecule has 0 aliphatic carbocycles. The molecule has 4 rings (SSSR count). The largest absolute Gasteiger partial charge is 0.469 e. The number of phosphoric acid groups is 1. The van der Waals surface area contributed by atoms with Crippen LogP contribution in [0.5, 0.6) is 0 Å². The van der Waals surface area contributed by atoms with Crippen LogP contribution in [-0.4, -0.2) is 77.3 Å². The number of para-hydroxylation sites is 1. The lowest BCUT2D eigenvalue weighted by Crippen LogP contribution is -2.33. The second-order valence-electron chi connectivity index (χ2n) is 7.27. The van der Waals surface area contributed by atoms with Crippen LogP contribution in [0, 0.1) is 0 Å². The summed E-state index contributed by atoms with van der Waals surface area (Å²) in [7, 11) is -2.91. The summed E-state index contributed by atoms with van der Waals surface area (Å²) < 4.78 is 21.8. The molecule has 1 saturated heterocycles. The Kier molecular flexibility index (Phi) is 9.40. The molecule has 3 aromatic rings. The Labute approximate surface area is 201 Å². The number of nitrogens with one attached hydrogen (secondary N) is 1. The Bertz CT molecular complexity index is 1200. The number of nitrogen functional groups attached to an aromatic ring is 1. The number of imidazole rings is 1. The Balaban J connectivity index is 0.000000305. The molecule has 0 amide bonds. The Morgan fingerprint density at radius 2 is 1.91 bits per heavy atom. The normalized spacial score (nSPS) is 21.7. The number of aromatic nitrogens is 4. The number of carbonyl (C=O) groups excluding carboxylic acids is 1. The molecule has 1 fully saturated rings. The van der Waals surface area contributed by atoms with E-state index in [-0.39, 0.29) is 24.7 Å². The predicted molar refractivity (Wildman–Crippen MR) is 126 cm³/mol. The minimum Gasteiger partial charge on any atom is -0.388 e. The van der Waals surface area contributed by atoms with Gasteiger partial charge >= 0.3 is 7.82 Å². The van der Waals surface area contributed by atoms with Gasteiger partial charge in [-0.3, -0.25) is 13.9 Å². The lowest BCUT2D eigenvalue weighted by Gasteiger charge is -2.16. The summed E-state index contributed by atoms with van der Waals surface area (Å²) in [5.74, 6) is 0.234. The van der Waals surface area contributed by atoms with Crippen molar-refractivity contribution in [2.24, 2.45) is 0 Å². The molecule has 4 atom stereocenters. The summed E-state index contributed by atoms with van der Waals surface area (Å²) >= 11 is 0. The maximum Gasteiger partial charge on any atom is 0.469 e. The van der Waals surface area contributed by atoms with Crippen LogP contribution in [0.25, 0.3) is 11.2 Å². The van der Waals surface area contributed by atoms with Crippen molar-refractivity contribution < 1.29 is 38.6 Å². The van der Waals surface area contributed by atoms with E-state index in [1.54, 1.807) is 6.92 Å². The summed E-state index contributed by atoms with van der Waals surface area (Å²) in [5.41, 5.74) is 7.88. The van der Waals surface area contributed by atoms with Crippen molar-refractivity contribution >= 4 is 36.3 Å². The fourth-order valence-corrected chi connectivity index (χ4v) is 3.67. The van der Waals surface area contributed by atoms with Crippen LogP contribution >= 0.6 is 7.82 Å². The summed E-state index contributed by atoms with van der Waals surface area (Å²) in [6.07, 6.45) is -2.49. The molecule has 0 bridgehead atoms. The molecule has 2 aromatic heterocycles. The lowest BCUT2D eigenvalue weighted by atomic mass is 10.1. The van der Waals surface area contributed by atoms with Crippen LogP contribution < -0.4 is 11.1 Å². The highest BCUT2D eigenvalue weighted by Gasteiger charge is 2.45. The first-order valence-corrected chi connectivity index (χ1v) is 11.5. The quantitative estimate of drug-likeness (QED) is 0.198. The number of ketones is 1. The van der Waals surface area contributed by atoms with Crippen LogP contribution in [0.4, 0.5) is 11.5 Å². The van der Waals surface area contributed by atoms with Crippen molar-refractivity contribution in [1.82, 2.24) is 19.5 Å². The van der Waals surface area contributed by atoms with E-state index in [1.807, 2.05) is 31.3 Å². The topological polar surface area (TPSA) is 215 Å². The molecule has 0 spiro atoms. The maximum absolute atomic E-state index is 11.0. The monoisotopic (exact) mass is 512 g/mol. The van der Waals surface area contributed by atoms with Crippen LogP contribution in [-0.2, 0) is 13.8 Å². The summed E-state index contributed by atoms with van der Waals surface area (Å²) in [6.45, 7) is 0.971. The zero-order valence-electron chi connectivity index (χ0n) is 18.2. The SMILES string of the molecule is C.CNc1ccccc1C(C)=O.Nc1ncnc2c1ncn2C1OC(COP(=O)(O)O)C(O)C1O. The van der Waals surface area contributed by atoms with Gasteiger partial charge in [0.15, 0.2) is 23.5 Å². The van der Waals surface area contributed by atoms with Gasteiger partial charge in [0.25, 0.3) is 0 Å². The third-order valence-corrected chi connectivity index (χ3v) is 5.47. The molecule has 35 heavy (non-hydrogen) atoms. The van der Waals surface area contributed by atoms with Gasteiger partial charge in [-0.05, 0) is 19.1 Å². The van der Waals surface area contributed by atoms with E-state index >= 15 is 0 Å². The van der Waals surface area contributed by atoms with Gasteiger partial charge in [-0.25, -0.2) is 19.5 Å². The van der Waals surface area contributed by atoms with E-state index < -0.39 is 39.0 Å². The van der Waals surface area contributed by atoms with Crippen molar-refractivity contribution in [3.63, 3.8) is 0 Å². The van der Waals surface area contributed by atoms with Gasteiger partial charge in [-0.1, -0.05) is 19.6 Å². The number of rotatable bonds is 6. The average Bonchev–Trinajstić information content (AvgIpc) is 3.34. The summed E-state index contributed by atoms with van der Waals surface area (Å²) in [6, 6.07) is 7.46. The molecule has 0 radical (unpaired) electrons. The molecular formula is C20H29N6O8P. The highest BCUT2D eigenvalue weighted by atomic mass is 31.2. The average molecular weight is 512 g/mol. The molecule has 7 N–H and O–H groups in total. The zero-order chi connectivity index (χ0) is 25.0. The molecule has 1 aromatic carbocycles. The number of hydrogen-bond donors (Lipinski definition) is 6. The van der Waals surface area contributed by atoms with Crippen molar-refractivity contribution in [3.8, 4) is 0 Å². The molecule has 14 nitrogen and oxygen atoms in total. The van der Waals surface area contributed by atoms with Crippen LogP contribution in [0.3, 0.4) is 0 Å². The number of phosphoric ester groups is 1. The van der Waals surface area contributed by atoms with E-state index in [0.29, 0.717) is 5.52 Å². The number of fused-ring (bicyclic) bond motifs is 1. The first-order chi connectivity index (χ1) is 16.0. The second kappa shape index (κ2) is 11.6. The molecule has 1 aliphatic heterocycles. The van der Waals surface area contributed by atoms with Crippen molar-refractivity contribution in [3.05, 3.63) is 42.5 Å². The minimum absolute atomic E-state index is 0. The van der Waals surface area contributed by atoms with Crippen LogP contribution in [0.1, 0.15) is 30.9 Å². The zero-order valence-corrected chi connectivity index (χ0v) is 19.1. The first kappa shape index (κ1) is 28.3. The van der Waals surface area contributed by atoms with Crippen molar-refractivity contribution in [2.45, 2.75) is 38.9 Å². The molecule has 15 heteroatoms. The molecular weight excluding hydrogens is 483 g/mol. The number of carbonyl (C=O) groups is 1. The molecule has 192 valence electrons. The van der Waals surface area contributed by atoms with E-state index in [1.165, 1.54) is 17.2 Å². The van der Waals surface area contributed by atoms with Gasteiger partial charge in [0, 0.05) is 18.3 Å². The molecule has 1 aliphatic rings. The van der Waals surface area contributed by atoms with Gasteiger partial charge in [0.1, 0.15) is 30.2 Å². The number of Topliss-reactive ketones (excluding diaryl/α,β-unsaturated/α-hetero) is 1. The third-order valence-electron chi connectivity index (χ3n) is 4.98. The summed E-state index contributed by atoms with van der Waals surface area (Å²) in [4.78, 5) is 40.2. The van der Waals surface area contributed by atoms with Crippen molar-refractivity contribution in [2.75, 3.05) is 24.7 Å². The summed E-state index contributed by atoms with van der Waals surface area (Å²) in [5, 5.41) is 23.0. The number of anilines is 2. The van der Waals surface area contributed by atoms with E-state index in [4.69, 9.17) is 20.3 Å². The number of aliphatic hydroxyl groups is 2. The molecule has 4 unspecified atom stereocenters. The predicted octanol–water partition coefficient (Wildman–Crippen LogP) is 0.704. The van der Waals surface area contributed by atoms with Gasteiger partial charge in [0.05, 0.1) is 12.9 Å². The van der Waals surface area contributed by atoms with Crippen molar-refractivity contribution in [1.29, 1.82) is 0 Å². The van der Waals surface area contributed by atoms with Gasteiger partial charge < -0.3 is 35.8 Å². The highest BCUT2D eigenvalue weighted by Crippen LogP contribution is 2.38. The Morgan fingerprint density at radius 1 is 1.23 bits per heavy atom. The number of hydrogen-bond acceptors (Lipinski definition) is 11. The Morgan fingerprint density at radius 3 is 2.51 bits per heavy atom. The fraction of sp³-hybridized carbons (Fsp3) is 0.400. The van der Waals surface area contributed by atoms with Crippen LogP contribution in [0.2, 0.25) is 0 Å². The number of benzene rings is 1. The highest BCUT2D eigenvalue weighted by molar-refractivity contribution is 7.46. The number of nitrogens with zero attached hydrogens (tertiary/aromatic N) is 4. The fourth-order valence-electron chi connectivity index (χ4n) is 3.33. The minimum atomic E-state index is -4.72. The van der Waals surface area contributed by atoms with Crippen LogP contribution in [0.15, 0.2) is 36.9 Å². The Hall–Kier alpha value is -2.97. The molecule has 0 saturated carbocycles. The standard InChI is InChI=1S/C10H14N5O7P.C9H11NO.CH4/c11-8-5-9(13-2-12-8)15(3-14-5)10-7(17)6(16)4(22-10)1-21-23(18,19)20;1-7(11)8-5-3-4-6-9(8)10-2;/h2-4,6-7,10,16-17H,1H2,(H2,11,12,13)(H2,18,19,20);3-6,10H,1-2H3;1H4. The van der Waals surface area contributed by atoms with E-state index in [0.717, 1.165) is 11.3 Å². The second-order valence-corrected chi connectivity index (χ2v) is 8.51. The third kappa shape index (κ3) is 6.58. The lowest BCUT2D eigenvalue weighted by molar-refractivity contribution is -0.0504. The van der Waals surface area contributed by atoms with E-state index in [9.17, 15) is 19.6 Å². The number of aliphatic hydroxyl groups excluding tert-OH is 2. The molecule has 3 heterocycles. The van der Waals surface area contributed by atoms with E-state index in [2.05, 4.69) is 24.8 Å². The van der Waals surface area contributed by atoms with Gasteiger partial charge in [-0.2, -0.15) is 0 Å². The van der Waals surface area contributed by atoms with Gasteiger partial charge in [0.2, 0.25) is 0 Å². The maximum atomic E-state index is 11.0. The number of nitrogens with two attached hydrogens (primary N) is 1. The smallest absolute Gasteiger partial charge is 0.388 e. The number of ether oxygens (including phenoxy) is 1.